The van der Waals surface area contributed by atoms with Crippen LogP contribution >= 0.6 is 0 Å². The highest BCUT2D eigenvalue weighted by Crippen LogP contribution is 2.06. The maximum absolute atomic E-state index is 9.50. The maximum atomic E-state index is 9.50. The van der Waals surface area contributed by atoms with Crippen LogP contribution in [0.5, 0.6) is 0 Å². The number of aryl methyl sites for hydroxylation is 1. The van der Waals surface area contributed by atoms with E-state index in [1.807, 2.05) is 26.0 Å². The average Bonchev–Trinajstić information content (AvgIpc) is 2.72. The Morgan fingerprint density at radius 2 is 2.07 bits per heavy atom. The van der Waals surface area contributed by atoms with Gasteiger partial charge < -0.3 is 9.21 Å². The molecule has 2 nitrogen and oxygen atoms in total. The van der Waals surface area contributed by atoms with Crippen LogP contribution in [0.25, 0.3) is 0 Å². The SMILES string of the molecule is CC(C)C=O.CCCCCc1ccco1. The minimum Gasteiger partial charge on any atom is -0.469 e. The van der Waals surface area contributed by atoms with Crippen molar-refractivity contribution in [2.24, 2.45) is 5.92 Å². The Bertz CT molecular complexity index is 225. The zero-order valence-corrected chi connectivity index (χ0v) is 10.0. The lowest BCUT2D eigenvalue weighted by Crippen LogP contribution is -1.82. The molecule has 0 atom stereocenters. The summed E-state index contributed by atoms with van der Waals surface area (Å²) in [6, 6.07) is 3.98. The molecule has 1 rings (SSSR count). The first-order chi connectivity index (χ1) is 7.20. The van der Waals surface area contributed by atoms with Crippen molar-refractivity contribution in [3.05, 3.63) is 24.2 Å². The molecule has 0 fully saturated rings. The van der Waals surface area contributed by atoms with Crippen molar-refractivity contribution in [2.45, 2.75) is 46.5 Å². The summed E-state index contributed by atoms with van der Waals surface area (Å²) in [6.07, 6.45) is 7.59. The molecule has 0 spiro atoms. The number of aldehydes is 1. The van der Waals surface area contributed by atoms with Crippen molar-refractivity contribution in [3.8, 4) is 0 Å². The summed E-state index contributed by atoms with van der Waals surface area (Å²) in [5.74, 6) is 1.32. The van der Waals surface area contributed by atoms with E-state index in [9.17, 15) is 4.79 Å². The quantitative estimate of drug-likeness (QED) is 0.545. The second kappa shape index (κ2) is 9.50. The van der Waals surface area contributed by atoms with E-state index >= 15 is 0 Å². The summed E-state index contributed by atoms with van der Waals surface area (Å²) in [4.78, 5) is 9.50. The van der Waals surface area contributed by atoms with Gasteiger partial charge in [0.25, 0.3) is 0 Å². The van der Waals surface area contributed by atoms with Crippen molar-refractivity contribution < 1.29 is 9.21 Å². The van der Waals surface area contributed by atoms with E-state index in [2.05, 4.69) is 6.92 Å². The van der Waals surface area contributed by atoms with E-state index < -0.39 is 0 Å². The van der Waals surface area contributed by atoms with Crippen LogP contribution in [-0.2, 0) is 11.2 Å². The number of hydrogen-bond acceptors (Lipinski definition) is 2. The third kappa shape index (κ3) is 9.26. The molecular weight excluding hydrogens is 188 g/mol. The summed E-state index contributed by atoms with van der Waals surface area (Å²) in [5.41, 5.74) is 0. The first kappa shape index (κ1) is 13.9. The molecule has 1 aromatic heterocycles. The molecular formula is C13H22O2. The molecule has 0 aliphatic rings. The minimum atomic E-state index is 0.204. The van der Waals surface area contributed by atoms with Crippen molar-refractivity contribution in [3.63, 3.8) is 0 Å². The molecule has 86 valence electrons. The van der Waals surface area contributed by atoms with Gasteiger partial charge in [0.2, 0.25) is 0 Å². The zero-order valence-electron chi connectivity index (χ0n) is 10.0. The Morgan fingerprint density at radius 1 is 1.40 bits per heavy atom. The largest absolute Gasteiger partial charge is 0.469 e. The van der Waals surface area contributed by atoms with Crippen LogP contribution < -0.4 is 0 Å². The van der Waals surface area contributed by atoms with Gasteiger partial charge in [-0.1, -0.05) is 33.6 Å². The molecule has 0 radical (unpaired) electrons. The number of hydrogen-bond donors (Lipinski definition) is 0. The number of carbonyl (C=O) groups is 1. The monoisotopic (exact) mass is 210 g/mol. The van der Waals surface area contributed by atoms with Gasteiger partial charge in [0.1, 0.15) is 12.0 Å². The van der Waals surface area contributed by atoms with Gasteiger partial charge >= 0.3 is 0 Å². The highest BCUT2D eigenvalue weighted by Gasteiger charge is 1.92. The second-order valence-corrected chi connectivity index (χ2v) is 3.92. The van der Waals surface area contributed by atoms with Gasteiger partial charge in [-0.2, -0.15) is 0 Å². The predicted molar refractivity (Wildman–Crippen MR) is 62.8 cm³/mol. The molecule has 0 N–H and O–H groups in total. The first-order valence-corrected chi connectivity index (χ1v) is 5.68. The Balaban J connectivity index is 0.000000336. The zero-order chi connectivity index (χ0) is 11.5. The van der Waals surface area contributed by atoms with Crippen LogP contribution in [0, 0.1) is 5.92 Å². The molecule has 1 aromatic rings. The molecule has 0 saturated carbocycles. The number of carbonyl (C=O) groups excluding carboxylic acids is 1. The predicted octanol–water partition coefficient (Wildman–Crippen LogP) is 3.85. The smallest absolute Gasteiger partial charge is 0.122 e. The van der Waals surface area contributed by atoms with Gasteiger partial charge in [-0.05, 0) is 18.6 Å². The van der Waals surface area contributed by atoms with E-state index in [1.54, 1.807) is 6.26 Å². The summed E-state index contributed by atoms with van der Waals surface area (Å²) in [5, 5.41) is 0. The van der Waals surface area contributed by atoms with E-state index in [-0.39, 0.29) is 5.92 Å². The molecule has 0 bridgehead atoms. The molecule has 1 heterocycles. The van der Waals surface area contributed by atoms with Crippen LogP contribution in [0.2, 0.25) is 0 Å². The van der Waals surface area contributed by atoms with Crippen molar-refractivity contribution in [1.82, 2.24) is 0 Å². The third-order valence-corrected chi connectivity index (χ3v) is 1.88. The molecule has 0 aromatic carbocycles. The van der Waals surface area contributed by atoms with Gasteiger partial charge in [-0.15, -0.1) is 0 Å². The molecule has 0 aliphatic heterocycles. The van der Waals surface area contributed by atoms with Crippen LogP contribution in [0.3, 0.4) is 0 Å². The Hall–Kier alpha value is -1.05. The molecule has 0 unspecified atom stereocenters. The third-order valence-electron chi connectivity index (χ3n) is 1.88. The van der Waals surface area contributed by atoms with E-state index in [0.29, 0.717) is 0 Å². The standard InChI is InChI=1S/C9H14O.C4H8O/c1-2-3-4-6-9-7-5-8-10-9;1-4(2)3-5/h5,7-8H,2-4,6H2,1H3;3-4H,1-2H3. The normalized spacial score (nSPS) is 9.60. The number of furan rings is 1. The topological polar surface area (TPSA) is 30.2 Å². The molecule has 0 aliphatic carbocycles. The van der Waals surface area contributed by atoms with Gasteiger partial charge in [-0.3, -0.25) is 0 Å². The van der Waals surface area contributed by atoms with Crippen LogP contribution in [0.15, 0.2) is 22.8 Å². The van der Waals surface area contributed by atoms with Gasteiger partial charge in [-0.25, -0.2) is 0 Å². The van der Waals surface area contributed by atoms with Crippen molar-refractivity contribution >= 4 is 6.29 Å². The van der Waals surface area contributed by atoms with E-state index in [4.69, 9.17) is 4.42 Å². The number of rotatable bonds is 5. The highest BCUT2D eigenvalue weighted by atomic mass is 16.3. The van der Waals surface area contributed by atoms with Gasteiger partial charge in [0.15, 0.2) is 0 Å². The van der Waals surface area contributed by atoms with Crippen LogP contribution in [0.1, 0.15) is 45.8 Å². The summed E-state index contributed by atoms with van der Waals surface area (Å²) < 4.78 is 5.18. The lowest BCUT2D eigenvalue weighted by Gasteiger charge is -1.93. The lowest BCUT2D eigenvalue weighted by molar-refractivity contribution is -0.110. The summed E-state index contributed by atoms with van der Waals surface area (Å²) in [7, 11) is 0. The van der Waals surface area contributed by atoms with Crippen LogP contribution in [-0.4, -0.2) is 6.29 Å². The van der Waals surface area contributed by atoms with Gasteiger partial charge in [0, 0.05) is 12.3 Å². The Morgan fingerprint density at radius 3 is 2.47 bits per heavy atom. The van der Waals surface area contributed by atoms with Crippen molar-refractivity contribution in [2.75, 3.05) is 0 Å². The fraction of sp³-hybridized carbons (Fsp3) is 0.615. The Labute approximate surface area is 92.7 Å². The van der Waals surface area contributed by atoms with E-state index in [0.717, 1.165) is 18.5 Å². The molecule has 0 amide bonds. The van der Waals surface area contributed by atoms with Crippen LogP contribution in [0.4, 0.5) is 0 Å². The highest BCUT2D eigenvalue weighted by molar-refractivity contribution is 5.51. The Kier molecular flexibility index (Phi) is 8.84. The van der Waals surface area contributed by atoms with Gasteiger partial charge in [0.05, 0.1) is 6.26 Å². The second-order valence-electron chi connectivity index (χ2n) is 3.92. The average molecular weight is 210 g/mol. The molecule has 15 heavy (non-hydrogen) atoms. The maximum Gasteiger partial charge on any atom is 0.122 e. The summed E-state index contributed by atoms with van der Waals surface area (Å²) >= 11 is 0. The fourth-order valence-corrected chi connectivity index (χ4v) is 1.00. The first-order valence-electron chi connectivity index (χ1n) is 5.68. The number of unbranched alkanes of at least 4 members (excludes halogenated alkanes) is 2. The fourth-order valence-electron chi connectivity index (χ4n) is 1.00. The molecule has 2 heteroatoms. The minimum absolute atomic E-state index is 0.204. The lowest BCUT2D eigenvalue weighted by atomic mass is 10.2. The van der Waals surface area contributed by atoms with Crippen molar-refractivity contribution in [1.29, 1.82) is 0 Å². The molecule has 0 saturated heterocycles. The van der Waals surface area contributed by atoms with E-state index in [1.165, 1.54) is 19.3 Å². The summed E-state index contributed by atoms with van der Waals surface area (Å²) in [6.45, 7) is 5.92.